The summed E-state index contributed by atoms with van der Waals surface area (Å²) in [5.41, 5.74) is 9.26. The molecule has 0 radical (unpaired) electrons. The van der Waals surface area contributed by atoms with Crippen LogP contribution in [0.15, 0.2) is 18.2 Å². The zero-order valence-electron chi connectivity index (χ0n) is 14.6. The molecule has 1 aromatic carbocycles. The topological polar surface area (TPSA) is 81.4 Å². The Kier molecular flexibility index (Phi) is 4.81. The van der Waals surface area contributed by atoms with Crippen molar-refractivity contribution in [3.63, 3.8) is 0 Å². The number of carbonyl (C=O) groups is 2. The number of primary amides is 1. The second kappa shape index (κ2) is 6.88. The molecule has 0 saturated carbocycles. The Hall–Kier alpha value is -2.34. The van der Waals surface area contributed by atoms with Crippen LogP contribution in [-0.2, 0) is 17.6 Å². The van der Waals surface area contributed by atoms with Gasteiger partial charge in [0.2, 0.25) is 0 Å². The number of anilines is 1. The highest BCUT2D eigenvalue weighted by Crippen LogP contribution is 2.38. The van der Waals surface area contributed by atoms with Crippen molar-refractivity contribution in [1.29, 1.82) is 0 Å². The lowest BCUT2D eigenvalue weighted by Crippen LogP contribution is -2.30. The van der Waals surface area contributed by atoms with E-state index in [-0.39, 0.29) is 5.91 Å². The summed E-state index contributed by atoms with van der Waals surface area (Å²) in [5.74, 6) is -0.132. The first-order valence-electron chi connectivity index (χ1n) is 8.36. The van der Waals surface area contributed by atoms with Crippen molar-refractivity contribution in [2.45, 2.75) is 46.1 Å². The average molecular weight is 358 g/mol. The number of thiophene rings is 1. The second-order valence-corrected chi connectivity index (χ2v) is 7.53. The van der Waals surface area contributed by atoms with Crippen molar-refractivity contribution in [2.24, 2.45) is 5.73 Å². The van der Waals surface area contributed by atoms with E-state index in [1.807, 2.05) is 32.0 Å². The highest BCUT2D eigenvalue weighted by Gasteiger charge is 2.27. The summed E-state index contributed by atoms with van der Waals surface area (Å²) >= 11 is 1.45. The number of rotatable bonds is 5. The van der Waals surface area contributed by atoms with Gasteiger partial charge in [-0.2, -0.15) is 0 Å². The molecule has 1 aliphatic carbocycles. The van der Waals surface area contributed by atoms with Crippen LogP contribution in [0, 0.1) is 13.8 Å². The first-order valence-corrected chi connectivity index (χ1v) is 9.17. The molecule has 3 N–H and O–H groups in total. The van der Waals surface area contributed by atoms with Gasteiger partial charge in [-0.3, -0.25) is 9.59 Å². The predicted octanol–water partition coefficient (Wildman–Crippen LogP) is 3.36. The van der Waals surface area contributed by atoms with Crippen molar-refractivity contribution in [3.8, 4) is 5.75 Å². The third-order valence-electron chi connectivity index (χ3n) is 4.56. The molecule has 0 saturated heterocycles. The number of nitrogens with two attached hydrogens (primary N) is 1. The van der Waals surface area contributed by atoms with Gasteiger partial charge in [0.1, 0.15) is 10.8 Å². The standard InChI is InChI=1S/C19H22N2O3S/c1-10-7-8-13(9-11(10)2)24-12(3)18(23)21-19-16(17(20)22)14-5-4-6-15(14)25-19/h7-9,12H,4-6H2,1-3H3,(H2,20,22)(H,21,23)/t12-/m0/s1. The summed E-state index contributed by atoms with van der Waals surface area (Å²) in [6.07, 6.45) is 2.13. The monoisotopic (exact) mass is 358 g/mol. The molecule has 6 heteroatoms. The van der Waals surface area contributed by atoms with E-state index in [2.05, 4.69) is 5.32 Å². The summed E-state index contributed by atoms with van der Waals surface area (Å²) in [5, 5.41) is 3.36. The van der Waals surface area contributed by atoms with Crippen LogP contribution in [-0.4, -0.2) is 17.9 Å². The molecule has 25 heavy (non-hydrogen) atoms. The molecule has 3 rings (SSSR count). The fourth-order valence-corrected chi connectivity index (χ4v) is 4.31. The minimum absolute atomic E-state index is 0.291. The van der Waals surface area contributed by atoms with Gasteiger partial charge in [0.25, 0.3) is 11.8 Å². The highest BCUT2D eigenvalue weighted by atomic mass is 32.1. The van der Waals surface area contributed by atoms with Gasteiger partial charge in [-0.1, -0.05) is 6.07 Å². The van der Waals surface area contributed by atoms with Crippen molar-refractivity contribution in [3.05, 3.63) is 45.3 Å². The molecule has 132 valence electrons. The Bertz CT molecular complexity index is 841. The molecular formula is C19H22N2O3S. The van der Waals surface area contributed by atoms with Gasteiger partial charge in [-0.05, 0) is 68.9 Å². The molecule has 0 spiro atoms. The second-order valence-electron chi connectivity index (χ2n) is 6.42. The highest BCUT2D eigenvalue weighted by molar-refractivity contribution is 7.17. The molecule has 1 atom stereocenters. The van der Waals surface area contributed by atoms with Crippen LogP contribution in [0.2, 0.25) is 0 Å². The van der Waals surface area contributed by atoms with E-state index in [9.17, 15) is 9.59 Å². The van der Waals surface area contributed by atoms with Crippen LogP contribution in [0.1, 0.15) is 45.3 Å². The van der Waals surface area contributed by atoms with Crippen LogP contribution in [0.4, 0.5) is 5.00 Å². The van der Waals surface area contributed by atoms with Crippen LogP contribution >= 0.6 is 11.3 Å². The Balaban J connectivity index is 1.74. The zero-order valence-corrected chi connectivity index (χ0v) is 15.5. The molecule has 1 aliphatic rings. The van der Waals surface area contributed by atoms with Gasteiger partial charge < -0.3 is 15.8 Å². The van der Waals surface area contributed by atoms with Gasteiger partial charge >= 0.3 is 0 Å². The molecular weight excluding hydrogens is 336 g/mol. The van der Waals surface area contributed by atoms with E-state index in [0.717, 1.165) is 35.3 Å². The third kappa shape index (κ3) is 3.54. The van der Waals surface area contributed by atoms with E-state index in [1.54, 1.807) is 6.92 Å². The Morgan fingerprint density at radius 3 is 2.68 bits per heavy atom. The number of aryl methyl sites for hydroxylation is 3. The first-order chi connectivity index (χ1) is 11.9. The van der Waals surface area contributed by atoms with Gasteiger partial charge in [-0.25, -0.2) is 0 Å². The molecule has 0 fully saturated rings. The average Bonchev–Trinajstić information content (AvgIpc) is 3.10. The maximum absolute atomic E-state index is 12.5. The van der Waals surface area contributed by atoms with E-state index >= 15 is 0 Å². The maximum Gasteiger partial charge on any atom is 0.265 e. The van der Waals surface area contributed by atoms with Gasteiger partial charge in [0, 0.05) is 4.88 Å². The number of hydrogen-bond acceptors (Lipinski definition) is 4. The number of amides is 2. The van der Waals surface area contributed by atoms with E-state index in [1.165, 1.54) is 16.9 Å². The largest absolute Gasteiger partial charge is 0.481 e. The Morgan fingerprint density at radius 2 is 2.00 bits per heavy atom. The fourth-order valence-electron chi connectivity index (χ4n) is 3.01. The van der Waals surface area contributed by atoms with E-state index in [0.29, 0.717) is 16.3 Å². The summed E-state index contributed by atoms with van der Waals surface area (Å²) < 4.78 is 5.74. The fraction of sp³-hybridized carbons (Fsp3) is 0.368. The molecule has 0 aliphatic heterocycles. The number of nitrogens with one attached hydrogen (secondary N) is 1. The predicted molar refractivity (Wildman–Crippen MR) is 99.5 cm³/mol. The lowest BCUT2D eigenvalue weighted by atomic mass is 10.1. The summed E-state index contributed by atoms with van der Waals surface area (Å²) in [4.78, 5) is 25.4. The molecule has 1 aromatic heterocycles. The molecule has 2 amide bonds. The number of hydrogen-bond donors (Lipinski definition) is 2. The Labute approximate surface area is 151 Å². The number of fused-ring (bicyclic) bond motifs is 1. The SMILES string of the molecule is Cc1ccc(O[C@@H](C)C(=O)Nc2sc3c(c2C(N)=O)CCC3)cc1C. The van der Waals surface area contributed by atoms with E-state index < -0.39 is 12.0 Å². The van der Waals surface area contributed by atoms with Crippen LogP contribution in [0.3, 0.4) is 0 Å². The molecule has 1 heterocycles. The van der Waals surface area contributed by atoms with Crippen molar-refractivity contribution in [1.82, 2.24) is 0 Å². The lowest BCUT2D eigenvalue weighted by Gasteiger charge is -2.15. The molecule has 0 bridgehead atoms. The maximum atomic E-state index is 12.5. The van der Waals surface area contributed by atoms with Crippen molar-refractivity contribution in [2.75, 3.05) is 5.32 Å². The summed E-state index contributed by atoms with van der Waals surface area (Å²) in [6, 6.07) is 5.72. The molecule has 0 unspecified atom stereocenters. The van der Waals surface area contributed by atoms with Crippen LogP contribution in [0.5, 0.6) is 5.75 Å². The van der Waals surface area contributed by atoms with Crippen molar-refractivity contribution >= 4 is 28.2 Å². The quantitative estimate of drug-likeness (QED) is 0.860. The zero-order chi connectivity index (χ0) is 18.1. The first kappa shape index (κ1) is 17.5. The van der Waals surface area contributed by atoms with Gasteiger partial charge in [-0.15, -0.1) is 11.3 Å². The van der Waals surface area contributed by atoms with Crippen LogP contribution in [0.25, 0.3) is 0 Å². The lowest BCUT2D eigenvalue weighted by molar-refractivity contribution is -0.122. The third-order valence-corrected chi connectivity index (χ3v) is 5.77. The molecule has 5 nitrogen and oxygen atoms in total. The minimum Gasteiger partial charge on any atom is -0.481 e. The van der Waals surface area contributed by atoms with Gasteiger partial charge in [0.15, 0.2) is 6.10 Å². The van der Waals surface area contributed by atoms with Crippen LogP contribution < -0.4 is 15.8 Å². The Morgan fingerprint density at radius 1 is 1.24 bits per heavy atom. The van der Waals surface area contributed by atoms with Crippen molar-refractivity contribution < 1.29 is 14.3 Å². The van der Waals surface area contributed by atoms with Gasteiger partial charge in [0.05, 0.1) is 5.56 Å². The minimum atomic E-state index is -0.681. The normalized spacial score (nSPS) is 14.0. The summed E-state index contributed by atoms with van der Waals surface area (Å²) in [7, 11) is 0. The summed E-state index contributed by atoms with van der Waals surface area (Å²) in [6.45, 7) is 5.71. The number of carbonyl (C=O) groups excluding carboxylic acids is 2. The number of benzene rings is 1. The molecule has 2 aromatic rings. The van der Waals surface area contributed by atoms with E-state index in [4.69, 9.17) is 10.5 Å². The number of ether oxygens (including phenoxy) is 1. The smallest absolute Gasteiger partial charge is 0.265 e.